The predicted molar refractivity (Wildman–Crippen MR) is 82.6 cm³/mol. The van der Waals surface area contributed by atoms with Crippen LogP contribution in [0.5, 0.6) is 0 Å². The lowest BCUT2D eigenvalue weighted by atomic mass is 10.1. The summed E-state index contributed by atoms with van der Waals surface area (Å²) in [5.74, 6) is 6.76. The lowest BCUT2D eigenvalue weighted by molar-refractivity contribution is 0.0760. The summed E-state index contributed by atoms with van der Waals surface area (Å²) >= 11 is 1.95. The number of rotatable bonds is 2. The molecule has 0 bridgehead atoms. The molecule has 0 saturated carbocycles. The highest BCUT2D eigenvalue weighted by Crippen LogP contribution is 2.22. The smallest absolute Gasteiger partial charge is 0.255 e. The van der Waals surface area contributed by atoms with Crippen LogP contribution < -0.4 is 5.73 Å². The standard InChI is InChI=1S/C15H19N3OS/c1-2-13-11-18(8-9-20-13)15(19)14-5-7-17-10-12(14)4-3-6-16/h5,7,10,13H,2,6,8-9,11,16H2,1H3. The maximum atomic E-state index is 12.6. The highest BCUT2D eigenvalue weighted by Gasteiger charge is 2.25. The molecule has 2 N–H and O–H groups in total. The fourth-order valence-electron chi connectivity index (χ4n) is 2.15. The van der Waals surface area contributed by atoms with E-state index in [-0.39, 0.29) is 12.5 Å². The predicted octanol–water partition coefficient (Wildman–Crippen LogP) is 1.36. The van der Waals surface area contributed by atoms with Crippen molar-refractivity contribution in [2.24, 2.45) is 5.73 Å². The second kappa shape index (κ2) is 7.32. The number of nitrogens with two attached hydrogens (primary N) is 1. The van der Waals surface area contributed by atoms with Crippen LogP contribution in [0.2, 0.25) is 0 Å². The maximum absolute atomic E-state index is 12.6. The summed E-state index contributed by atoms with van der Waals surface area (Å²) in [5.41, 5.74) is 6.68. The molecule has 2 heterocycles. The van der Waals surface area contributed by atoms with Gasteiger partial charge in [0, 0.05) is 36.5 Å². The molecule has 1 fully saturated rings. The number of thioether (sulfide) groups is 1. The molecule has 1 amide bonds. The first-order valence-corrected chi connectivity index (χ1v) is 7.85. The Balaban J connectivity index is 2.20. The van der Waals surface area contributed by atoms with Crippen LogP contribution in [0.25, 0.3) is 0 Å². The largest absolute Gasteiger partial charge is 0.337 e. The number of pyridine rings is 1. The SMILES string of the molecule is CCC1CN(C(=O)c2ccncc2C#CCN)CCS1. The van der Waals surface area contributed by atoms with Crippen molar-refractivity contribution in [1.29, 1.82) is 0 Å². The molecule has 0 aliphatic carbocycles. The van der Waals surface area contributed by atoms with Gasteiger partial charge in [0.05, 0.1) is 17.7 Å². The van der Waals surface area contributed by atoms with Gasteiger partial charge < -0.3 is 10.6 Å². The van der Waals surface area contributed by atoms with Crippen molar-refractivity contribution in [2.45, 2.75) is 18.6 Å². The minimum Gasteiger partial charge on any atom is -0.337 e. The number of aromatic nitrogens is 1. The zero-order valence-electron chi connectivity index (χ0n) is 11.6. The molecule has 0 radical (unpaired) electrons. The van der Waals surface area contributed by atoms with Crippen LogP contribution in [-0.4, -0.2) is 46.4 Å². The molecule has 5 heteroatoms. The van der Waals surface area contributed by atoms with Crippen molar-refractivity contribution < 1.29 is 4.79 Å². The minimum absolute atomic E-state index is 0.0486. The van der Waals surface area contributed by atoms with Gasteiger partial charge in [-0.15, -0.1) is 0 Å². The monoisotopic (exact) mass is 289 g/mol. The third kappa shape index (κ3) is 3.53. The second-order valence-electron chi connectivity index (χ2n) is 4.58. The third-order valence-electron chi connectivity index (χ3n) is 3.26. The average molecular weight is 289 g/mol. The summed E-state index contributed by atoms with van der Waals surface area (Å²) in [6.45, 7) is 4.05. The van der Waals surface area contributed by atoms with E-state index in [1.165, 1.54) is 0 Å². The zero-order valence-corrected chi connectivity index (χ0v) is 12.4. The van der Waals surface area contributed by atoms with Gasteiger partial charge in [0.2, 0.25) is 0 Å². The van der Waals surface area contributed by atoms with Crippen LogP contribution in [0.1, 0.15) is 29.3 Å². The van der Waals surface area contributed by atoms with Crippen LogP contribution in [0.15, 0.2) is 18.5 Å². The van der Waals surface area contributed by atoms with Crippen LogP contribution in [0.4, 0.5) is 0 Å². The van der Waals surface area contributed by atoms with Crippen molar-refractivity contribution in [3.8, 4) is 11.8 Å². The molecule has 1 aromatic heterocycles. The number of nitrogens with zero attached hydrogens (tertiary/aromatic N) is 2. The fraction of sp³-hybridized carbons (Fsp3) is 0.467. The van der Waals surface area contributed by atoms with E-state index in [9.17, 15) is 4.79 Å². The highest BCUT2D eigenvalue weighted by atomic mass is 32.2. The molecule has 1 aliphatic heterocycles. The first kappa shape index (κ1) is 14.9. The fourth-order valence-corrected chi connectivity index (χ4v) is 3.33. The maximum Gasteiger partial charge on any atom is 0.255 e. The van der Waals surface area contributed by atoms with Crippen LogP contribution in [0.3, 0.4) is 0 Å². The van der Waals surface area contributed by atoms with E-state index >= 15 is 0 Å². The van der Waals surface area contributed by atoms with Crippen LogP contribution in [0, 0.1) is 11.8 Å². The number of hydrogen-bond donors (Lipinski definition) is 1. The van der Waals surface area contributed by atoms with Crippen LogP contribution >= 0.6 is 11.8 Å². The summed E-state index contributed by atoms with van der Waals surface area (Å²) < 4.78 is 0. The van der Waals surface area contributed by atoms with Gasteiger partial charge in [-0.05, 0) is 12.5 Å². The average Bonchev–Trinajstić information content (AvgIpc) is 2.52. The molecule has 1 atom stereocenters. The molecular formula is C15H19N3OS. The van der Waals surface area contributed by atoms with Gasteiger partial charge in [-0.1, -0.05) is 18.8 Å². The second-order valence-corrected chi connectivity index (χ2v) is 5.99. The molecule has 2 rings (SSSR count). The van der Waals surface area contributed by atoms with E-state index in [1.54, 1.807) is 18.5 Å². The summed E-state index contributed by atoms with van der Waals surface area (Å²) in [5, 5.41) is 0.535. The molecule has 1 aliphatic rings. The molecular weight excluding hydrogens is 270 g/mol. The Morgan fingerprint density at radius 1 is 1.65 bits per heavy atom. The lowest BCUT2D eigenvalue weighted by Crippen LogP contribution is -2.42. The first-order valence-electron chi connectivity index (χ1n) is 6.80. The molecule has 1 aromatic rings. The normalized spacial score (nSPS) is 18.3. The number of hydrogen-bond acceptors (Lipinski definition) is 4. The summed E-state index contributed by atoms with van der Waals surface area (Å²) in [6.07, 6.45) is 4.35. The molecule has 0 aromatic carbocycles. The number of carbonyl (C=O) groups excluding carboxylic acids is 1. The highest BCUT2D eigenvalue weighted by molar-refractivity contribution is 8.00. The Kier molecular flexibility index (Phi) is 5.45. The van der Waals surface area contributed by atoms with Gasteiger partial charge in [-0.25, -0.2) is 0 Å². The first-order chi connectivity index (χ1) is 9.76. The van der Waals surface area contributed by atoms with Crippen molar-refractivity contribution in [2.75, 3.05) is 25.4 Å². The van der Waals surface area contributed by atoms with Crippen molar-refractivity contribution in [3.63, 3.8) is 0 Å². The molecule has 0 spiro atoms. The number of carbonyl (C=O) groups is 1. The van der Waals surface area contributed by atoms with E-state index in [0.717, 1.165) is 25.3 Å². The Hall–Kier alpha value is -1.51. The van der Waals surface area contributed by atoms with Crippen molar-refractivity contribution in [3.05, 3.63) is 29.6 Å². The van der Waals surface area contributed by atoms with Gasteiger partial charge >= 0.3 is 0 Å². The van der Waals surface area contributed by atoms with Crippen LogP contribution in [-0.2, 0) is 0 Å². The molecule has 1 unspecified atom stereocenters. The van der Waals surface area contributed by atoms with Gasteiger partial charge in [0.1, 0.15) is 0 Å². The Morgan fingerprint density at radius 2 is 2.50 bits per heavy atom. The van der Waals surface area contributed by atoms with E-state index in [0.29, 0.717) is 16.4 Å². The molecule has 1 saturated heterocycles. The van der Waals surface area contributed by atoms with Gasteiger partial charge in [-0.2, -0.15) is 11.8 Å². The van der Waals surface area contributed by atoms with Crippen molar-refractivity contribution in [1.82, 2.24) is 9.88 Å². The van der Waals surface area contributed by atoms with E-state index in [2.05, 4.69) is 23.7 Å². The summed E-state index contributed by atoms with van der Waals surface area (Å²) in [7, 11) is 0. The Morgan fingerprint density at radius 3 is 3.25 bits per heavy atom. The third-order valence-corrected chi connectivity index (χ3v) is 4.63. The number of amides is 1. The minimum atomic E-state index is 0.0486. The van der Waals surface area contributed by atoms with E-state index in [1.807, 2.05) is 16.7 Å². The van der Waals surface area contributed by atoms with Gasteiger partial charge in [0.25, 0.3) is 5.91 Å². The Bertz CT molecular complexity index is 535. The van der Waals surface area contributed by atoms with E-state index in [4.69, 9.17) is 5.73 Å². The molecule has 4 nitrogen and oxygen atoms in total. The van der Waals surface area contributed by atoms with Gasteiger partial charge in [0.15, 0.2) is 0 Å². The lowest BCUT2D eigenvalue weighted by Gasteiger charge is -2.32. The molecule has 20 heavy (non-hydrogen) atoms. The Labute approximate surface area is 124 Å². The van der Waals surface area contributed by atoms with Crippen molar-refractivity contribution >= 4 is 17.7 Å². The van der Waals surface area contributed by atoms with Gasteiger partial charge in [-0.3, -0.25) is 9.78 Å². The van der Waals surface area contributed by atoms with E-state index < -0.39 is 0 Å². The quantitative estimate of drug-likeness (QED) is 0.835. The molecule has 106 valence electrons. The summed E-state index contributed by atoms with van der Waals surface area (Å²) in [6, 6.07) is 1.74. The zero-order chi connectivity index (χ0) is 14.4. The topological polar surface area (TPSA) is 59.2 Å². The summed E-state index contributed by atoms with van der Waals surface area (Å²) in [4.78, 5) is 18.6.